The summed E-state index contributed by atoms with van der Waals surface area (Å²) in [5.41, 5.74) is 27.1. The van der Waals surface area contributed by atoms with Gasteiger partial charge in [-0.05, 0) is 220 Å². The van der Waals surface area contributed by atoms with Gasteiger partial charge in [-0.2, -0.15) is 9.58 Å². The Morgan fingerprint density at radius 3 is 0.859 bits per heavy atom. The average molecular weight is 1910 g/mol. The maximum Gasteiger partial charge on any atom is 0.228 e. The van der Waals surface area contributed by atoms with Gasteiger partial charge in [0, 0.05) is 59.7 Å². The second-order valence-corrected chi connectivity index (χ2v) is 40.7. The van der Waals surface area contributed by atoms with E-state index >= 15 is 0 Å². The molecule has 0 atom stereocenters. The second kappa shape index (κ2) is 41.3. The predicted molar refractivity (Wildman–Crippen MR) is 567 cm³/mol. The van der Waals surface area contributed by atoms with Crippen molar-refractivity contribution < 1.29 is 0 Å². The summed E-state index contributed by atoms with van der Waals surface area (Å²) in [4.78, 5) is 87.5. The van der Waals surface area contributed by atoms with Crippen LogP contribution in [0.2, 0.25) is 0 Å². The van der Waals surface area contributed by atoms with Crippen molar-refractivity contribution in [1.82, 2.24) is 109 Å². The molecule has 17 aromatic rings. The lowest BCUT2D eigenvalue weighted by molar-refractivity contribution is 0.425. The summed E-state index contributed by atoms with van der Waals surface area (Å²) in [5, 5.41) is 26.5. The Hall–Kier alpha value is -15.8. The molecule has 35 nitrogen and oxygen atoms in total. The number of nitrogens with zero attached hydrogens (tertiary/aromatic N) is 35. The Balaban J connectivity index is 0.000000117. The second-order valence-electron chi connectivity index (χ2n) is 40.7. The van der Waals surface area contributed by atoms with Crippen LogP contribution in [0.1, 0.15) is 135 Å². The predicted octanol–water partition coefficient (Wildman–Crippen LogP) is 15.6. The highest BCUT2D eigenvalue weighted by Gasteiger charge is 2.33. The molecule has 0 bridgehead atoms. The summed E-state index contributed by atoms with van der Waals surface area (Å²) in [7, 11) is 0. The number of imidazole rings is 2. The molecule has 732 valence electrons. The fourth-order valence-corrected chi connectivity index (χ4v) is 17.5. The third-order valence-electron chi connectivity index (χ3n) is 25.9. The van der Waals surface area contributed by atoms with Crippen LogP contribution < -0.4 is 64.1 Å². The van der Waals surface area contributed by atoms with Crippen LogP contribution >= 0.6 is 0 Å². The number of piperazine rings is 2. The Morgan fingerprint density at radius 1 is 0.225 bits per heavy atom. The zero-order chi connectivity index (χ0) is 99.3. The third kappa shape index (κ3) is 22.7. The van der Waals surface area contributed by atoms with E-state index in [-0.39, 0.29) is 16.2 Å². The van der Waals surface area contributed by atoms with Crippen LogP contribution in [0.25, 0.3) is 44.1 Å². The molecular weight excluding hydrogens is 1780 g/mol. The number of benzene rings is 7. The minimum absolute atomic E-state index is 0.00394. The van der Waals surface area contributed by atoms with Crippen LogP contribution in [-0.4, -0.2) is 222 Å². The molecule has 35 heteroatoms. The quantitative estimate of drug-likeness (QED) is 0.104. The molecule has 0 unspecified atom stereocenters. The van der Waals surface area contributed by atoms with Crippen molar-refractivity contribution in [3.63, 3.8) is 0 Å². The van der Waals surface area contributed by atoms with Crippen molar-refractivity contribution in [2.75, 3.05) is 177 Å². The highest BCUT2D eigenvalue weighted by Crippen LogP contribution is 2.34. The largest absolute Gasteiger partial charge is 0.336 e. The lowest BCUT2D eigenvalue weighted by Crippen LogP contribution is -2.57. The SMILES string of the molecule is Cc1ccc(N2CN(c3ccc(C)cc3)CN(c3ccc(C(C)(C)C)cc3)C2)cc1.Cc1ccc2c(c1)ncn2N1CCN(n2cnc3cc(C)ccc32)CC1.Cc1ccc2c(c1)nnn2N1CCN(n2nnc3cc(C)ccc32)CC1.Cc1cnc(N2CN(c3cnc(C)cn3)CN(c3cnc(C(C)(C)C)cn3)C2)cn1.Cc1cnc(N2CN(c3ncc(C)cn3)CN(c3ncc(C(C)(C)C)cn3)C2)nc1. The molecule has 5 aliphatic rings. The zero-order valence-corrected chi connectivity index (χ0v) is 85.1. The van der Waals surface area contributed by atoms with Gasteiger partial charge in [0.05, 0.1) is 189 Å². The minimum atomic E-state index is -0.0412. The summed E-state index contributed by atoms with van der Waals surface area (Å²) in [6.07, 6.45) is 25.8. The van der Waals surface area contributed by atoms with Gasteiger partial charge in [0.2, 0.25) is 17.8 Å². The number of hydrogen-bond acceptors (Lipinski definition) is 31. The summed E-state index contributed by atoms with van der Waals surface area (Å²) in [6.45, 7) is 53.5. The Bertz CT molecular complexity index is 6170. The Morgan fingerprint density at radius 2 is 0.528 bits per heavy atom. The van der Waals surface area contributed by atoms with Crippen LogP contribution in [-0.2, 0) is 16.2 Å². The maximum atomic E-state index is 4.69. The molecule has 0 N–H and O–H groups in total. The molecule has 0 aliphatic carbocycles. The Kier molecular flexibility index (Phi) is 28.0. The van der Waals surface area contributed by atoms with E-state index in [1.54, 1.807) is 24.8 Å². The molecule has 0 radical (unpaired) electrons. The lowest BCUT2D eigenvalue weighted by atomic mass is 9.87. The van der Waals surface area contributed by atoms with Crippen molar-refractivity contribution in [3.05, 3.63) is 305 Å². The van der Waals surface area contributed by atoms with Crippen molar-refractivity contribution >= 4 is 96.5 Å². The monoisotopic (exact) mass is 1900 g/mol. The standard InChI is InChI=1S/C27H33N3.2C21H27N9.C20H22N6.C18H20N8/c1-21-6-12-24(13-7-21)28-18-29(25-14-8-22(2)9-15-25)20-30(19-28)26-16-10-23(11-17-26)27(3,4)5;1-15-6-25-18(9-22-15)28-12-29(19-10-23-16(2)7-26-19)14-30(13-28)20-11-24-17(8-27-20)21(3,4)5;1-15-6-22-18(23-7-15)28-12-29(19-24-8-16(2)9-25-19)14-30(13-28)20-26-10-17(11-27-20)21(3,4)5;1-15-3-5-19-17(11-15)21-13-25(19)23-7-9-24(10-8-23)26-14-22-18-12-16(2)4-6-20(18)26;1-13-3-5-17-15(11-13)19-21-25(17)23-7-9-24(10-8-23)26-18-6-4-14(2)12-16(18)20-22-26/h6-17H,18-20H2,1-5H3;2*6-11H,12-14H2,1-5H3;3-6,11-14H,7-10H2,1-2H3;3-6,11-12H,7-10H2,1-2H3. The van der Waals surface area contributed by atoms with E-state index in [2.05, 4.69) is 408 Å². The van der Waals surface area contributed by atoms with Crippen molar-refractivity contribution in [3.8, 4) is 0 Å². The highest BCUT2D eigenvalue weighted by atomic mass is 15.8. The molecule has 142 heavy (non-hydrogen) atoms. The number of aromatic nitrogens is 22. The number of anilines is 9. The smallest absolute Gasteiger partial charge is 0.228 e. The van der Waals surface area contributed by atoms with Crippen LogP contribution in [0.5, 0.6) is 0 Å². The van der Waals surface area contributed by atoms with E-state index in [0.717, 1.165) is 157 Å². The summed E-state index contributed by atoms with van der Waals surface area (Å²) >= 11 is 0. The molecule has 5 saturated heterocycles. The van der Waals surface area contributed by atoms with Crippen LogP contribution in [0.4, 0.5) is 52.4 Å². The first-order valence-corrected chi connectivity index (χ1v) is 48.6. The summed E-state index contributed by atoms with van der Waals surface area (Å²) in [6, 6.07) is 52.2. The fourth-order valence-electron chi connectivity index (χ4n) is 17.5. The van der Waals surface area contributed by atoms with E-state index in [4.69, 9.17) is 4.98 Å². The molecule has 5 aliphatic heterocycles. The summed E-state index contributed by atoms with van der Waals surface area (Å²) in [5.74, 6) is 4.35. The Labute approximate surface area is 830 Å². The molecule has 0 amide bonds. The molecule has 7 aromatic carbocycles. The van der Waals surface area contributed by atoms with Gasteiger partial charge in [-0.1, -0.05) is 134 Å². The van der Waals surface area contributed by atoms with E-state index in [0.29, 0.717) is 57.9 Å². The van der Waals surface area contributed by atoms with E-state index in [9.17, 15) is 0 Å². The van der Waals surface area contributed by atoms with Gasteiger partial charge in [-0.3, -0.25) is 25.0 Å². The molecule has 22 rings (SSSR count). The normalized spacial score (nSPS) is 15.0. The van der Waals surface area contributed by atoms with E-state index < -0.39 is 0 Å². The highest BCUT2D eigenvalue weighted by molar-refractivity contribution is 5.79. The van der Waals surface area contributed by atoms with Gasteiger partial charge in [0.25, 0.3) is 0 Å². The van der Waals surface area contributed by atoms with Gasteiger partial charge in [-0.25, -0.2) is 64.2 Å². The molecule has 10 aromatic heterocycles. The van der Waals surface area contributed by atoms with Crippen molar-refractivity contribution in [2.24, 2.45) is 0 Å². The fraction of sp³-hybridized carbons (Fsp3) is 0.364. The minimum Gasteiger partial charge on any atom is -0.336 e. The molecule has 0 spiro atoms. The number of aryl methyl sites for hydroxylation is 10. The van der Waals surface area contributed by atoms with Crippen LogP contribution in [0.3, 0.4) is 0 Å². The first-order valence-electron chi connectivity index (χ1n) is 48.6. The van der Waals surface area contributed by atoms with Crippen molar-refractivity contribution in [1.29, 1.82) is 0 Å². The molecule has 5 fully saturated rings. The lowest BCUT2D eigenvalue weighted by Gasteiger charge is -2.45. The molecule has 0 saturated carbocycles. The van der Waals surface area contributed by atoms with Gasteiger partial charge >= 0.3 is 0 Å². The zero-order valence-electron chi connectivity index (χ0n) is 85.1. The summed E-state index contributed by atoms with van der Waals surface area (Å²) < 4.78 is 4.39. The first kappa shape index (κ1) is 96.4. The molecule has 15 heterocycles. The number of rotatable bonds is 13. The topological polar surface area (TPSA) is 294 Å². The van der Waals surface area contributed by atoms with E-state index in [1.165, 1.54) is 67.0 Å². The third-order valence-corrected chi connectivity index (χ3v) is 25.9. The number of fused-ring (bicyclic) bond motifs is 4. The van der Waals surface area contributed by atoms with Gasteiger partial charge in [-0.15, -0.1) is 10.2 Å². The van der Waals surface area contributed by atoms with Crippen molar-refractivity contribution in [2.45, 2.75) is 148 Å². The van der Waals surface area contributed by atoms with Gasteiger partial charge in [0.15, 0.2) is 0 Å². The van der Waals surface area contributed by atoms with E-state index in [1.807, 2.05) is 99.5 Å². The van der Waals surface area contributed by atoms with Crippen LogP contribution in [0.15, 0.2) is 233 Å². The number of hydrogen-bond donors (Lipinski definition) is 0. The van der Waals surface area contributed by atoms with Gasteiger partial charge in [0.1, 0.15) is 52.2 Å². The van der Waals surface area contributed by atoms with Crippen LogP contribution in [0, 0.1) is 69.2 Å². The average Bonchev–Trinajstić information content (AvgIpc) is 1.76. The maximum absolute atomic E-state index is 4.69. The van der Waals surface area contributed by atoms with Gasteiger partial charge < -0.3 is 54.1 Å². The first-order chi connectivity index (χ1) is 68.2. The molecular formula is C107H129N35.